The van der Waals surface area contributed by atoms with Gasteiger partial charge in [0.15, 0.2) is 11.1 Å². The summed E-state index contributed by atoms with van der Waals surface area (Å²) in [6.45, 7) is -0.689. The molecule has 0 saturated heterocycles. The zero-order valence-corrected chi connectivity index (χ0v) is 10.6. The van der Waals surface area contributed by atoms with Gasteiger partial charge in [0.2, 0.25) is 0 Å². The van der Waals surface area contributed by atoms with Crippen molar-refractivity contribution in [3.63, 3.8) is 0 Å². The quantitative estimate of drug-likeness (QED) is 0.727. The Morgan fingerprint density at radius 1 is 1.35 bits per heavy atom. The summed E-state index contributed by atoms with van der Waals surface area (Å²) < 4.78 is 4.88. The van der Waals surface area contributed by atoms with Crippen molar-refractivity contribution in [1.29, 1.82) is 0 Å². The molecule has 0 aliphatic heterocycles. The third-order valence-electron chi connectivity index (χ3n) is 2.49. The van der Waals surface area contributed by atoms with Gasteiger partial charge in [-0.05, 0) is 12.1 Å². The Balaban J connectivity index is 2.58. The van der Waals surface area contributed by atoms with Crippen LogP contribution in [0.25, 0.3) is 11.0 Å². The number of benzene rings is 1. The number of rotatable bonds is 3. The molecule has 1 aromatic heterocycles. The van der Waals surface area contributed by atoms with Crippen LogP contribution < -0.4 is 10.9 Å². The fourth-order valence-electron chi connectivity index (χ4n) is 1.62. The van der Waals surface area contributed by atoms with Gasteiger partial charge in [0, 0.05) is 0 Å². The standard InChI is InChI=1S/C12H8ClNO6/c13-6-3-1-2-5-9(17)8(12(19)20-10(5)6)11(18)14-4-7(15)16/h1-3,17H,4H2,(H,14,18)(H,15,16). The lowest BCUT2D eigenvalue weighted by molar-refractivity contribution is -0.135. The first-order valence-electron chi connectivity index (χ1n) is 5.36. The van der Waals surface area contributed by atoms with Crippen LogP contribution in [-0.4, -0.2) is 28.6 Å². The molecule has 3 N–H and O–H groups in total. The predicted octanol–water partition coefficient (Wildman–Crippen LogP) is 0.966. The molecule has 0 atom stereocenters. The number of carbonyl (C=O) groups is 2. The first-order valence-corrected chi connectivity index (χ1v) is 5.74. The number of hydrogen-bond donors (Lipinski definition) is 3. The zero-order chi connectivity index (χ0) is 14.9. The van der Waals surface area contributed by atoms with E-state index in [9.17, 15) is 19.5 Å². The van der Waals surface area contributed by atoms with Gasteiger partial charge < -0.3 is 19.9 Å². The zero-order valence-electron chi connectivity index (χ0n) is 9.84. The molecule has 2 rings (SSSR count). The van der Waals surface area contributed by atoms with E-state index in [1.807, 2.05) is 5.32 Å². The molecule has 1 heterocycles. The Morgan fingerprint density at radius 2 is 2.05 bits per heavy atom. The molecule has 0 bridgehead atoms. The van der Waals surface area contributed by atoms with Gasteiger partial charge in [-0.3, -0.25) is 9.59 Å². The summed E-state index contributed by atoms with van der Waals surface area (Å²) in [6, 6.07) is 4.37. The maximum Gasteiger partial charge on any atom is 0.353 e. The van der Waals surface area contributed by atoms with Gasteiger partial charge in [-0.15, -0.1) is 0 Å². The number of carbonyl (C=O) groups excluding carboxylic acids is 1. The van der Waals surface area contributed by atoms with E-state index in [1.165, 1.54) is 18.2 Å². The highest BCUT2D eigenvalue weighted by molar-refractivity contribution is 6.35. The van der Waals surface area contributed by atoms with Gasteiger partial charge >= 0.3 is 11.6 Å². The molecule has 8 heteroatoms. The summed E-state index contributed by atoms with van der Waals surface area (Å²) in [7, 11) is 0. The highest BCUT2D eigenvalue weighted by atomic mass is 35.5. The van der Waals surface area contributed by atoms with Gasteiger partial charge in [0.1, 0.15) is 12.3 Å². The number of amides is 1. The normalized spacial score (nSPS) is 10.4. The summed E-state index contributed by atoms with van der Waals surface area (Å²) in [4.78, 5) is 33.8. The van der Waals surface area contributed by atoms with Crippen molar-refractivity contribution in [2.75, 3.05) is 6.54 Å². The smallest absolute Gasteiger partial charge is 0.353 e. The van der Waals surface area contributed by atoms with Gasteiger partial charge in [0.25, 0.3) is 5.91 Å². The molecule has 2 aromatic rings. The van der Waals surface area contributed by atoms with Crippen LogP contribution in [0.5, 0.6) is 5.75 Å². The Hall–Kier alpha value is -2.54. The van der Waals surface area contributed by atoms with Crippen molar-refractivity contribution in [2.45, 2.75) is 0 Å². The average Bonchev–Trinajstić information content (AvgIpc) is 2.38. The molecule has 7 nitrogen and oxygen atoms in total. The Morgan fingerprint density at radius 3 is 2.70 bits per heavy atom. The maximum absolute atomic E-state index is 11.7. The van der Waals surface area contributed by atoms with Gasteiger partial charge in [0.05, 0.1) is 10.4 Å². The monoisotopic (exact) mass is 297 g/mol. The molecular weight excluding hydrogens is 290 g/mol. The highest BCUT2D eigenvalue weighted by Gasteiger charge is 2.22. The molecule has 0 unspecified atom stereocenters. The van der Waals surface area contributed by atoms with Crippen LogP contribution in [0.4, 0.5) is 0 Å². The summed E-state index contributed by atoms with van der Waals surface area (Å²) in [6.07, 6.45) is 0. The van der Waals surface area contributed by atoms with Crippen LogP contribution in [0.3, 0.4) is 0 Å². The number of carboxylic acids is 1. The fourth-order valence-corrected chi connectivity index (χ4v) is 1.83. The average molecular weight is 298 g/mol. The second-order valence-corrected chi connectivity index (χ2v) is 4.21. The molecule has 0 spiro atoms. The van der Waals surface area contributed by atoms with E-state index in [4.69, 9.17) is 21.1 Å². The molecule has 0 aliphatic carbocycles. The number of nitrogens with one attached hydrogen (secondary N) is 1. The highest BCUT2D eigenvalue weighted by Crippen LogP contribution is 2.30. The molecular formula is C12H8ClNO6. The molecule has 0 fully saturated rings. The number of carboxylic acid groups (broad SMARTS) is 1. The molecule has 1 aromatic carbocycles. The van der Waals surface area contributed by atoms with Crippen molar-refractivity contribution < 1.29 is 24.2 Å². The van der Waals surface area contributed by atoms with E-state index in [0.29, 0.717) is 0 Å². The minimum absolute atomic E-state index is 0.0496. The van der Waals surface area contributed by atoms with Crippen molar-refractivity contribution in [3.8, 4) is 5.75 Å². The predicted molar refractivity (Wildman–Crippen MR) is 69.1 cm³/mol. The second-order valence-electron chi connectivity index (χ2n) is 3.81. The minimum Gasteiger partial charge on any atom is -0.506 e. The van der Waals surface area contributed by atoms with E-state index in [-0.39, 0.29) is 16.0 Å². The molecule has 104 valence electrons. The van der Waals surface area contributed by atoms with Gasteiger partial charge in [-0.25, -0.2) is 4.79 Å². The van der Waals surface area contributed by atoms with Crippen molar-refractivity contribution in [2.24, 2.45) is 0 Å². The molecule has 20 heavy (non-hydrogen) atoms. The lowest BCUT2D eigenvalue weighted by Crippen LogP contribution is -2.32. The Labute approximate surface area is 116 Å². The van der Waals surface area contributed by atoms with Crippen LogP contribution in [0.1, 0.15) is 10.4 Å². The van der Waals surface area contributed by atoms with Crippen LogP contribution in [-0.2, 0) is 4.79 Å². The molecule has 0 saturated carbocycles. The van der Waals surface area contributed by atoms with E-state index in [0.717, 1.165) is 0 Å². The van der Waals surface area contributed by atoms with E-state index >= 15 is 0 Å². The number of aromatic hydroxyl groups is 1. The minimum atomic E-state index is -1.29. The summed E-state index contributed by atoms with van der Waals surface area (Å²) >= 11 is 5.81. The Kier molecular flexibility index (Phi) is 3.62. The van der Waals surface area contributed by atoms with Crippen LogP contribution in [0.2, 0.25) is 5.02 Å². The van der Waals surface area contributed by atoms with E-state index in [1.54, 1.807) is 0 Å². The second kappa shape index (κ2) is 5.22. The van der Waals surface area contributed by atoms with Crippen LogP contribution >= 0.6 is 11.6 Å². The van der Waals surface area contributed by atoms with Gasteiger partial charge in [-0.1, -0.05) is 17.7 Å². The van der Waals surface area contributed by atoms with Gasteiger partial charge in [-0.2, -0.15) is 0 Å². The van der Waals surface area contributed by atoms with Crippen molar-refractivity contribution in [3.05, 3.63) is 39.2 Å². The van der Waals surface area contributed by atoms with Crippen LogP contribution in [0.15, 0.2) is 27.4 Å². The van der Waals surface area contributed by atoms with Crippen molar-refractivity contribution in [1.82, 2.24) is 5.32 Å². The number of halogens is 1. The number of para-hydroxylation sites is 1. The SMILES string of the molecule is O=C(O)CNC(=O)c1c(O)c2cccc(Cl)c2oc1=O. The lowest BCUT2D eigenvalue weighted by atomic mass is 10.1. The third-order valence-corrected chi connectivity index (χ3v) is 2.78. The number of hydrogen-bond acceptors (Lipinski definition) is 5. The lowest BCUT2D eigenvalue weighted by Gasteiger charge is -2.06. The van der Waals surface area contributed by atoms with Crippen LogP contribution in [0, 0.1) is 0 Å². The largest absolute Gasteiger partial charge is 0.506 e. The number of aliphatic carboxylic acids is 1. The molecule has 0 aliphatic rings. The van der Waals surface area contributed by atoms with Crippen molar-refractivity contribution >= 4 is 34.4 Å². The topological polar surface area (TPSA) is 117 Å². The van der Waals surface area contributed by atoms with E-state index in [2.05, 4.69) is 0 Å². The first-order chi connectivity index (χ1) is 9.41. The summed E-state index contributed by atoms with van der Waals surface area (Å²) in [5.74, 6) is -2.94. The third kappa shape index (κ3) is 2.43. The first kappa shape index (κ1) is 13.9. The maximum atomic E-state index is 11.7. The molecule has 1 amide bonds. The van der Waals surface area contributed by atoms with E-state index < -0.39 is 35.4 Å². The summed E-state index contributed by atoms with van der Waals surface area (Å²) in [5, 5.41) is 20.6. The number of fused-ring (bicyclic) bond motifs is 1. The molecule has 0 radical (unpaired) electrons. The fraction of sp³-hybridized carbons (Fsp3) is 0.0833. The summed E-state index contributed by atoms with van der Waals surface area (Å²) in [5.41, 5.74) is -1.82. The Bertz CT molecular complexity index is 766.